The SMILES string of the molecule is COC(=O)C[C@]1(O)C[C@@H](COc2ccc(-c3ccc(C(=N)N)cc3)cc2)N(CCCc2ccccc2)C1=O.Cl. The maximum atomic E-state index is 13.2. The van der Waals surface area contributed by atoms with E-state index in [9.17, 15) is 14.7 Å². The number of carbonyl (C=O) groups excluding carboxylic acids is 2. The molecule has 0 aromatic heterocycles. The molecule has 3 aromatic carbocycles. The van der Waals surface area contributed by atoms with Crippen LogP contribution >= 0.6 is 12.4 Å². The van der Waals surface area contributed by atoms with E-state index >= 15 is 0 Å². The number of halogens is 1. The fourth-order valence-electron chi connectivity index (χ4n) is 4.79. The Kier molecular flexibility index (Phi) is 10.1. The summed E-state index contributed by atoms with van der Waals surface area (Å²) in [6, 6.07) is 24.6. The zero-order valence-corrected chi connectivity index (χ0v) is 22.7. The highest BCUT2D eigenvalue weighted by Gasteiger charge is 2.51. The third-order valence-electron chi connectivity index (χ3n) is 6.87. The van der Waals surface area contributed by atoms with E-state index in [1.54, 1.807) is 17.0 Å². The van der Waals surface area contributed by atoms with Gasteiger partial charge in [-0.25, -0.2) is 0 Å². The minimum atomic E-state index is -1.80. The first kappa shape index (κ1) is 29.7. The van der Waals surface area contributed by atoms with E-state index in [4.69, 9.17) is 20.6 Å². The van der Waals surface area contributed by atoms with Gasteiger partial charge in [0.2, 0.25) is 0 Å². The predicted octanol–water partition coefficient (Wildman–Crippen LogP) is 3.97. The van der Waals surface area contributed by atoms with Gasteiger partial charge in [0.05, 0.1) is 19.6 Å². The molecule has 0 spiro atoms. The summed E-state index contributed by atoms with van der Waals surface area (Å²) in [4.78, 5) is 26.7. The number of aliphatic hydroxyl groups is 1. The van der Waals surface area contributed by atoms with Crippen LogP contribution in [0.3, 0.4) is 0 Å². The second kappa shape index (κ2) is 13.3. The van der Waals surface area contributed by atoms with Crippen molar-refractivity contribution in [1.82, 2.24) is 4.90 Å². The van der Waals surface area contributed by atoms with Gasteiger partial charge in [-0.15, -0.1) is 12.4 Å². The number of rotatable bonds is 11. The van der Waals surface area contributed by atoms with Gasteiger partial charge >= 0.3 is 5.97 Å². The molecule has 9 heteroatoms. The monoisotopic (exact) mass is 551 g/mol. The van der Waals surface area contributed by atoms with Crippen molar-refractivity contribution in [1.29, 1.82) is 5.41 Å². The Bertz CT molecular complexity index is 1270. The highest BCUT2D eigenvalue weighted by atomic mass is 35.5. The molecule has 0 radical (unpaired) electrons. The quantitative estimate of drug-likeness (QED) is 0.188. The Balaban J connectivity index is 0.00000420. The van der Waals surface area contributed by atoms with Gasteiger partial charge in [-0.1, -0.05) is 66.7 Å². The first-order valence-electron chi connectivity index (χ1n) is 12.6. The average Bonchev–Trinajstić information content (AvgIpc) is 3.17. The molecule has 1 heterocycles. The van der Waals surface area contributed by atoms with Gasteiger partial charge in [-0.3, -0.25) is 15.0 Å². The third-order valence-corrected chi connectivity index (χ3v) is 6.87. The van der Waals surface area contributed by atoms with Gasteiger partial charge in [-0.2, -0.15) is 0 Å². The maximum Gasteiger partial charge on any atom is 0.308 e. The van der Waals surface area contributed by atoms with Crippen LogP contribution in [0.1, 0.15) is 30.4 Å². The number of methoxy groups -OCH3 is 1. The first-order valence-corrected chi connectivity index (χ1v) is 12.6. The lowest BCUT2D eigenvalue weighted by molar-refractivity contribution is -0.155. The van der Waals surface area contributed by atoms with Crippen molar-refractivity contribution >= 4 is 30.1 Å². The molecule has 1 aliphatic rings. The molecule has 1 saturated heterocycles. The normalized spacial score (nSPS) is 18.4. The number of amides is 1. The molecule has 206 valence electrons. The number of ether oxygens (including phenoxy) is 2. The largest absolute Gasteiger partial charge is 0.491 e. The fourth-order valence-corrected chi connectivity index (χ4v) is 4.79. The van der Waals surface area contributed by atoms with Crippen LogP contribution in [0.5, 0.6) is 5.75 Å². The summed E-state index contributed by atoms with van der Waals surface area (Å²) in [6.45, 7) is 0.633. The van der Waals surface area contributed by atoms with E-state index in [0.717, 1.165) is 24.0 Å². The molecule has 1 aliphatic heterocycles. The van der Waals surface area contributed by atoms with Crippen LogP contribution in [-0.2, 0) is 20.7 Å². The molecule has 1 amide bonds. The first-order chi connectivity index (χ1) is 18.3. The Morgan fingerprint density at radius 1 is 1.05 bits per heavy atom. The zero-order chi connectivity index (χ0) is 27.1. The number of nitrogens with one attached hydrogen (secondary N) is 1. The summed E-state index contributed by atoms with van der Waals surface area (Å²) in [5, 5.41) is 18.6. The number of nitrogens with zero attached hydrogens (tertiary/aromatic N) is 1. The van der Waals surface area contributed by atoms with Gasteiger partial charge < -0.3 is 25.2 Å². The molecule has 0 saturated carbocycles. The standard InChI is InChI=1S/C30H33N3O5.ClH/c1-37-27(34)19-30(36)18-25(33(29(30)35)17-5-8-21-6-3-2-4-7-21)20-38-26-15-13-23(14-16-26)22-9-11-24(12-10-22)28(31)32;/h2-4,6-7,9-16,25,36H,5,8,17-20H2,1H3,(H3,31,32);1H/t25-,30+;/m0./s1. The van der Waals surface area contributed by atoms with E-state index in [1.165, 1.54) is 12.7 Å². The Morgan fingerprint density at radius 3 is 2.26 bits per heavy atom. The number of amidine groups is 1. The molecule has 4 rings (SSSR count). The van der Waals surface area contributed by atoms with Crippen LogP contribution in [0.4, 0.5) is 0 Å². The van der Waals surface area contributed by atoms with E-state index < -0.39 is 17.5 Å². The van der Waals surface area contributed by atoms with Crippen LogP contribution in [0, 0.1) is 5.41 Å². The average molecular weight is 552 g/mol. The van der Waals surface area contributed by atoms with Crippen LogP contribution in [0.15, 0.2) is 78.9 Å². The number of nitrogens with two attached hydrogens (primary N) is 1. The summed E-state index contributed by atoms with van der Waals surface area (Å²) in [5.41, 5.74) is 7.54. The highest BCUT2D eigenvalue weighted by Crippen LogP contribution is 2.33. The molecule has 0 bridgehead atoms. The summed E-state index contributed by atoms with van der Waals surface area (Å²) in [6.07, 6.45) is 1.22. The van der Waals surface area contributed by atoms with Crippen LogP contribution < -0.4 is 10.5 Å². The number of aryl methyl sites for hydroxylation is 1. The molecule has 0 aliphatic carbocycles. The van der Waals surface area contributed by atoms with Gasteiger partial charge in [-0.05, 0) is 41.7 Å². The van der Waals surface area contributed by atoms with Crippen molar-refractivity contribution in [3.63, 3.8) is 0 Å². The van der Waals surface area contributed by atoms with E-state index in [0.29, 0.717) is 17.9 Å². The molecular formula is C30H34ClN3O5. The summed E-state index contributed by atoms with van der Waals surface area (Å²) in [7, 11) is 1.24. The third kappa shape index (κ3) is 7.37. The van der Waals surface area contributed by atoms with Crippen LogP contribution in [-0.4, -0.2) is 59.6 Å². The van der Waals surface area contributed by atoms with E-state index in [2.05, 4.69) is 0 Å². The van der Waals surface area contributed by atoms with Crippen LogP contribution in [0.25, 0.3) is 11.1 Å². The van der Waals surface area contributed by atoms with Crippen molar-refractivity contribution in [3.05, 3.63) is 90.0 Å². The van der Waals surface area contributed by atoms with Gasteiger partial charge in [0.25, 0.3) is 5.91 Å². The Labute approximate surface area is 234 Å². The van der Waals surface area contributed by atoms with Crippen molar-refractivity contribution < 1.29 is 24.2 Å². The maximum absolute atomic E-state index is 13.2. The molecule has 2 atom stereocenters. The zero-order valence-electron chi connectivity index (χ0n) is 21.8. The second-order valence-corrected chi connectivity index (χ2v) is 9.56. The molecule has 3 aromatic rings. The number of likely N-dealkylation sites (tertiary alicyclic amines) is 1. The highest BCUT2D eigenvalue weighted by molar-refractivity contribution is 5.95. The molecule has 4 N–H and O–H groups in total. The Morgan fingerprint density at radius 2 is 1.67 bits per heavy atom. The molecular weight excluding hydrogens is 518 g/mol. The summed E-state index contributed by atoms with van der Waals surface area (Å²) >= 11 is 0. The number of hydrogen-bond acceptors (Lipinski definition) is 6. The minimum Gasteiger partial charge on any atom is -0.491 e. The number of benzene rings is 3. The topological polar surface area (TPSA) is 126 Å². The van der Waals surface area contributed by atoms with Crippen LogP contribution in [0.2, 0.25) is 0 Å². The number of carbonyl (C=O) groups is 2. The smallest absolute Gasteiger partial charge is 0.308 e. The lowest BCUT2D eigenvalue weighted by Crippen LogP contribution is -2.43. The van der Waals surface area contributed by atoms with Gasteiger partial charge in [0.1, 0.15) is 18.2 Å². The number of esters is 1. The number of nitrogen functional groups attached to an aromatic ring is 1. The molecule has 1 fully saturated rings. The van der Waals surface area contributed by atoms with Crippen molar-refractivity contribution in [2.45, 2.75) is 37.3 Å². The van der Waals surface area contributed by atoms with Crippen molar-refractivity contribution in [2.75, 3.05) is 20.3 Å². The van der Waals surface area contributed by atoms with Crippen molar-refractivity contribution in [3.8, 4) is 16.9 Å². The minimum absolute atomic E-state index is 0. The molecule has 0 unspecified atom stereocenters. The van der Waals surface area contributed by atoms with E-state index in [1.807, 2.05) is 66.7 Å². The van der Waals surface area contributed by atoms with Gasteiger partial charge in [0.15, 0.2) is 5.60 Å². The molecule has 39 heavy (non-hydrogen) atoms. The van der Waals surface area contributed by atoms with E-state index in [-0.39, 0.29) is 43.7 Å². The van der Waals surface area contributed by atoms with Gasteiger partial charge in [0, 0.05) is 18.5 Å². The fraction of sp³-hybridized carbons (Fsp3) is 0.300. The lowest BCUT2D eigenvalue weighted by atomic mass is 9.96. The summed E-state index contributed by atoms with van der Waals surface area (Å²) < 4.78 is 10.7. The second-order valence-electron chi connectivity index (χ2n) is 9.56. The number of hydrogen-bond donors (Lipinski definition) is 3. The molecule has 8 nitrogen and oxygen atoms in total. The van der Waals surface area contributed by atoms with Crippen molar-refractivity contribution in [2.24, 2.45) is 5.73 Å². The predicted molar refractivity (Wildman–Crippen MR) is 152 cm³/mol. The summed E-state index contributed by atoms with van der Waals surface area (Å²) in [5.74, 6) is -0.431. The lowest BCUT2D eigenvalue weighted by Gasteiger charge is -2.25. The Hall–Kier alpha value is -3.88.